The molecule has 0 aliphatic carbocycles. The van der Waals surface area contributed by atoms with Gasteiger partial charge in [-0.15, -0.1) is 0 Å². The molecule has 1 fully saturated rings. The minimum absolute atomic E-state index is 0.0443. The summed E-state index contributed by atoms with van der Waals surface area (Å²) >= 11 is 6.33. The molecule has 1 amide bonds. The summed E-state index contributed by atoms with van der Waals surface area (Å²) in [6.45, 7) is 6.50. The van der Waals surface area contributed by atoms with Gasteiger partial charge in [-0.3, -0.25) is 9.78 Å². The molecule has 0 saturated carbocycles. The first-order chi connectivity index (χ1) is 13.0. The lowest BCUT2D eigenvalue weighted by Gasteiger charge is -2.21. The lowest BCUT2D eigenvalue weighted by Crippen LogP contribution is -2.34. The maximum absolute atomic E-state index is 13.1. The zero-order chi connectivity index (χ0) is 19.1. The quantitative estimate of drug-likeness (QED) is 0.805. The molecular weight excluding hydrogens is 366 g/mol. The number of aryl methyl sites for hydroxylation is 1. The van der Waals surface area contributed by atoms with Crippen molar-refractivity contribution in [3.63, 3.8) is 0 Å². The van der Waals surface area contributed by atoms with Crippen LogP contribution in [0.4, 0.5) is 5.82 Å². The van der Waals surface area contributed by atoms with E-state index in [2.05, 4.69) is 19.9 Å². The van der Waals surface area contributed by atoms with Gasteiger partial charge in [0.1, 0.15) is 5.82 Å². The van der Waals surface area contributed by atoms with Crippen molar-refractivity contribution >= 4 is 23.3 Å². The number of fused-ring (bicyclic) bond motifs is 1. The van der Waals surface area contributed by atoms with E-state index < -0.39 is 0 Å². The van der Waals surface area contributed by atoms with Crippen LogP contribution in [-0.2, 0) is 17.9 Å². The molecule has 8 heteroatoms. The number of carbonyl (C=O) groups is 1. The largest absolute Gasteiger partial charge is 0.467 e. The molecule has 1 unspecified atom stereocenters. The van der Waals surface area contributed by atoms with Gasteiger partial charge in [0.25, 0.3) is 0 Å². The van der Waals surface area contributed by atoms with E-state index in [1.807, 2.05) is 24.8 Å². The molecule has 1 saturated heterocycles. The van der Waals surface area contributed by atoms with Crippen molar-refractivity contribution in [2.75, 3.05) is 25.1 Å². The Labute approximate surface area is 163 Å². The summed E-state index contributed by atoms with van der Waals surface area (Å²) in [5.74, 6) is 0.920. The highest BCUT2D eigenvalue weighted by molar-refractivity contribution is 6.32. The van der Waals surface area contributed by atoms with Crippen LogP contribution < -0.4 is 9.64 Å². The number of hydrogen-bond acceptors (Lipinski definition) is 6. The number of rotatable bonds is 3. The molecule has 1 atom stereocenters. The van der Waals surface area contributed by atoms with Gasteiger partial charge in [-0.05, 0) is 37.5 Å². The molecule has 0 aromatic carbocycles. The van der Waals surface area contributed by atoms with Crippen LogP contribution >= 0.6 is 11.6 Å². The summed E-state index contributed by atoms with van der Waals surface area (Å²) in [6.07, 6.45) is 2.48. The van der Waals surface area contributed by atoms with Crippen molar-refractivity contribution in [1.82, 2.24) is 19.9 Å². The molecule has 7 nitrogen and oxygen atoms in total. The molecule has 142 valence electrons. The Morgan fingerprint density at radius 1 is 1.30 bits per heavy atom. The van der Waals surface area contributed by atoms with E-state index >= 15 is 0 Å². The van der Waals surface area contributed by atoms with E-state index in [1.54, 1.807) is 13.3 Å². The van der Waals surface area contributed by atoms with Crippen molar-refractivity contribution in [3.8, 4) is 6.01 Å². The van der Waals surface area contributed by atoms with Crippen LogP contribution in [0.25, 0.3) is 0 Å². The third-order valence-electron chi connectivity index (χ3n) is 5.41. The monoisotopic (exact) mass is 387 g/mol. The molecule has 2 aromatic heterocycles. The number of amides is 1. The highest BCUT2D eigenvalue weighted by Gasteiger charge is 2.35. The van der Waals surface area contributed by atoms with Crippen molar-refractivity contribution in [1.29, 1.82) is 0 Å². The molecular formula is C19H22ClN5O2. The van der Waals surface area contributed by atoms with Gasteiger partial charge in [0.05, 0.1) is 36.0 Å². The topological polar surface area (TPSA) is 71.5 Å². The lowest BCUT2D eigenvalue weighted by atomic mass is 10.1. The minimum atomic E-state index is -0.0443. The van der Waals surface area contributed by atoms with Crippen LogP contribution in [0.3, 0.4) is 0 Å². The number of halogens is 1. The second-order valence-corrected chi connectivity index (χ2v) is 7.47. The fraction of sp³-hybridized carbons (Fsp3) is 0.474. The predicted molar refractivity (Wildman–Crippen MR) is 102 cm³/mol. The molecule has 0 spiro atoms. The molecule has 0 bridgehead atoms. The summed E-state index contributed by atoms with van der Waals surface area (Å²) in [7, 11) is 1.55. The Morgan fingerprint density at radius 3 is 2.89 bits per heavy atom. The van der Waals surface area contributed by atoms with Gasteiger partial charge in [0.2, 0.25) is 5.91 Å². The highest BCUT2D eigenvalue weighted by atomic mass is 35.5. The SMILES string of the molecule is COc1nccc(N2CCC(C(=O)N3Cc4nc(C)c(Cl)c(C)c4C3)C2)n1. The second kappa shape index (κ2) is 6.96. The Morgan fingerprint density at radius 2 is 2.11 bits per heavy atom. The molecule has 2 aromatic rings. The maximum atomic E-state index is 13.1. The molecule has 2 aliphatic rings. The summed E-state index contributed by atoms with van der Waals surface area (Å²) in [5.41, 5.74) is 3.93. The number of aromatic nitrogens is 3. The normalized spacial score (nSPS) is 18.7. The van der Waals surface area contributed by atoms with Crippen LogP contribution in [0, 0.1) is 19.8 Å². The van der Waals surface area contributed by atoms with Gasteiger partial charge in [0.15, 0.2) is 0 Å². The molecule has 2 aliphatic heterocycles. The van der Waals surface area contributed by atoms with E-state index in [-0.39, 0.29) is 11.8 Å². The second-order valence-electron chi connectivity index (χ2n) is 7.09. The van der Waals surface area contributed by atoms with Gasteiger partial charge in [-0.1, -0.05) is 11.6 Å². The molecule has 4 rings (SSSR count). The molecule has 27 heavy (non-hydrogen) atoms. The first-order valence-corrected chi connectivity index (χ1v) is 9.41. The summed E-state index contributed by atoms with van der Waals surface area (Å²) in [5, 5.41) is 0.702. The van der Waals surface area contributed by atoms with E-state index in [9.17, 15) is 4.79 Å². The fourth-order valence-corrected chi connectivity index (χ4v) is 4.05. The standard InChI is InChI=1S/C19H22ClN5O2/c1-11-14-9-25(10-15(14)22-12(2)17(11)20)18(26)13-5-7-24(8-13)16-4-6-21-19(23-16)27-3/h4,6,13H,5,7-10H2,1-3H3. The summed E-state index contributed by atoms with van der Waals surface area (Å²) < 4.78 is 5.09. The van der Waals surface area contributed by atoms with Crippen molar-refractivity contribution < 1.29 is 9.53 Å². The van der Waals surface area contributed by atoms with Gasteiger partial charge >= 0.3 is 6.01 Å². The van der Waals surface area contributed by atoms with Gasteiger partial charge in [0, 0.05) is 25.8 Å². The number of carbonyl (C=O) groups excluding carboxylic acids is 1. The van der Waals surface area contributed by atoms with E-state index in [0.29, 0.717) is 30.7 Å². The van der Waals surface area contributed by atoms with Crippen LogP contribution in [0.5, 0.6) is 6.01 Å². The number of ether oxygens (including phenoxy) is 1. The smallest absolute Gasteiger partial charge is 0.318 e. The van der Waals surface area contributed by atoms with E-state index in [0.717, 1.165) is 41.3 Å². The van der Waals surface area contributed by atoms with Crippen LogP contribution in [0.2, 0.25) is 5.02 Å². The van der Waals surface area contributed by atoms with E-state index in [4.69, 9.17) is 16.3 Å². The first kappa shape index (κ1) is 18.0. The number of nitrogens with zero attached hydrogens (tertiary/aromatic N) is 5. The average Bonchev–Trinajstić information content (AvgIpc) is 3.33. The third-order valence-corrected chi connectivity index (χ3v) is 5.97. The van der Waals surface area contributed by atoms with E-state index in [1.165, 1.54) is 0 Å². The van der Waals surface area contributed by atoms with Gasteiger partial charge in [-0.2, -0.15) is 4.98 Å². The van der Waals surface area contributed by atoms with Crippen molar-refractivity contribution in [2.45, 2.75) is 33.4 Å². The predicted octanol–water partition coefficient (Wildman–Crippen LogP) is 2.52. The van der Waals surface area contributed by atoms with Crippen molar-refractivity contribution in [3.05, 3.63) is 39.8 Å². The Balaban J connectivity index is 1.46. The Bertz CT molecular complexity index is 904. The van der Waals surface area contributed by atoms with Crippen LogP contribution in [-0.4, -0.2) is 46.0 Å². The zero-order valence-corrected chi connectivity index (χ0v) is 16.5. The zero-order valence-electron chi connectivity index (χ0n) is 15.7. The highest BCUT2D eigenvalue weighted by Crippen LogP contribution is 2.33. The number of anilines is 1. The molecule has 4 heterocycles. The molecule has 0 N–H and O–H groups in total. The maximum Gasteiger partial charge on any atom is 0.318 e. The number of pyridine rings is 1. The lowest BCUT2D eigenvalue weighted by molar-refractivity contribution is -0.135. The van der Waals surface area contributed by atoms with Gasteiger partial charge in [-0.25, -0.2) is 4.98 Å². The third kappa shape index (κ3) is 3.20. The summed E-state index contributed by atoms with van der Waals surface area (Å²) in [4.78, 5) is 30.1. The van der Waals surface area contributed by atoms with Gasteiger partial charge < -0.3 is 14.5 Å². The van der Waals surface area contributed by atoms with Crippen LogP contribution in [0.15, 0.2) is 12.3 Å². The first-order valence-electron chi connectivity index (χ1n) is 9.03. The number of hydrogen-bond donors (Lipinski definition) is 0. The number of methoxy groups -OCH3 is 1. The Kier molecular flexibility index (Phi) is 4.63. The minimum Gasteiger partial charge on any atom is -0.467 e. The fourth-order valence-electron chi connectivity index (χ4n) is 3.90. The Hall–Kier alpha value is -2.41. The average molecular weight is 388 g/mol. The van der Waals surface area contributed by atoms with Crippen molar-refractivity contribution in [2.24, 2.45) is 5.92 Å². The molecule has 0 radical (unpaired) electrons. The van der Waals surface area contributed by atoms with Crippen LogP contribution in [0.1, 0.15) is 28.9 Å². The summed E-state index contributed by atoms with van der Waals surface area (Å²) in [6, 6.07) is 2.19.